The second-order valence-corrected chi connectivity index (χ2v) is 6.26. The second kappa shape index (κ2) is 7.97. The molecule has 146 valence electrons. The maximum atomic E-state index is 5.31. The minimum Gasteiger partial charge on any atom is -0.497 e. The summed E-state index contributed by atoms with van der Waals surface area (Å²) >= 11 is 0. The monoisotopic (exact) mass is 388 g/mol. The van der Waals surface area contributed by atoms with E-state index in [0.29, 0.717) is 17.4 Å². The molecule has 3 heterocycles. The molecule has 8 nitrogen and oxygen atoms in total. The smallest absolute Gasteiger partial charge is 0.227 e. The van der Waals surface area contributed by atoms with Gasteiger partial charge in [0, 0.05) is 55.1 Å². The van der Waals surface area contributed by atoms with Gasteiger partial charge in [0.1, 0.15) is 17.3 Å². The number of pyridine rings is 1. The van der Waals surface area contributed by atoms with Gasteiger partial charge in [-0.15, -0.1) is 0 Å². The van der Waals surface area contributed by atoms with Crippen molar-refractivity contribution in [1.29, 1.82) is 0 Å². The third-order valence-electron chi connectivity index (χ3n) is 4.43. The second-order valence-electron chi connectivity index (χ2n) is 6.26. The predicted octanol–water partition coefficient (Wildman–Crippen LogP) is 3.70. The van der Waals surface area contributed by atoms with Crippen molar-refractivity contribution in [2.24, 2.45) is 7.05 Å². The number of nitrogens with zero attached hydrogens (tertiary/aromatic N) is 5. The van der Waals surface area contributed by atoms with E-state index in [0.717, 1.165) is 28.5 Å². The number of imidazole rings is 1. The van der Waals surface area contributed by atoms with E-state index in [9.17, 15) is 0 Å². The van der Waals surface area contributed by atoms with Crippen LogP contribution < -0.4 is 14.8 Å². The van der Waals surface area contributed by atoms with Crippen molar-refractivity contribution in [3.05, 3.63) is 61.2 Å². The molecular weight excluding hydrogens is 368 g/mol. The average molecular weight is 388 g/mol. The number of aromatic nitrogens is 5. The van der Waals surface area contributed by atoms with Crippen LogP contribution in [0.5, 0.6) is 11.5 Å². The molecule has 3 aromatic heterocycles. The SMILES string of the molecule is COc1cc(Nc2nccc(-c3cnc(-c4cccnc4)n3C)n2)cc(OC)c1. The van der Waals surface area contributed by atoms with Crippen LogP contribution in [0.2, 0.25) is 0 Å². The van der Waals surface area contributed by atoms with Gasteiger partial charge in [-0.05, 0) is 18.2 Å². The largest absolute Gasteiger partial charge is 0.497 e. The van der Waals surface area contributed by atoms with E-state index in [2.05, 4.69) is 25.3 Å². The number of rotatable bonds is 6. The van der Waals surface area contributed by atoms with E-state index in [1.807, 2.05) is 41.9 Å². The lowest BCUT2D eigenvalue weighted by atomic mass is 10.2. The Morgan fingerprint density at radius 2 is 1.72 bits per heavy atom. The van der Waals surface area contributed by atoms with E-state index >= 15 is 0 Å². The normalized spacial score (nSPS) is 10.6. The van der Waals surface area contributed by atoms with Crippen molar-refractivity contribution >= 4 is 11.6 Å². The van der Waals surface area contributed by atoms with Gasteiger partial charge in [0.05, 0.1) is 31.8 Å². The lowest BCUT2D eigenvalue weighted by Gasteiger charge is -2.11. The Morgan fingerprint density at radius 3 is 2.41 bits per heavy atom. The molecule has 29 heavy (non-hydrogen) atoms. The minimum atomic E-state index is 0.460. The fourth-order valence-corrected chi connectivity index (χ4v) is 2.98. The number of hydrogen-bond donors (Lipinski definition) is 1. The zero-order chi connectivity index (χ0) is 20.2. The first-order valence-corrected chi connectivity index (χ1v) is 8.93. The topological polar surface area (TPSA) is 87.0 Å². The van der Waals surface area contributed by atoms with Crippen molar-refractivity contribution in [2.75, 3.05) is 19.5 Å². The van der Waals surface area contributed by atoms with Crippen LogP contribution in [-0.2, 0) is 7.05 Å². The van der Waals surface area contributed by atoms with Crippen LogP contribution in [0, 0.1) is 0 Å². The standard InChI is InChI=1S/C21H20N6O2/c1-27-19(13-24-20(27)14-5-4-7-22-12-14)18-6-8-23-21(26-18)25-15-9-16(28-2)11-17(10-15)29-3/h4-13H,1-3H3,(H,23,25,26). The first-order valence-electron chi connectivity index (χ1n) is 8.93. The molecule has 0 unspecified atom stereocenters. The van der Waals surface area contributed by atoms with Gasteiger partial charge in [0.15, 0.2) is 0 Å². The molecular formula is C21H20N6O2. The van der Waals surface area contributed by atoms with E-state index in [1.54, 1.807) is 45.1 Å². The predicted molar refractivity (Wildman–Crippen MR) is 110 cm³/mol. The number of hydrogen-bond acceptors (Lipinski definition) is 7. The Balaban J connectivity index is 1.64. The molecule has 0 spiro atoms. The zero-order valence-corrected chi connectivity index (χ0v) is 16.3. The number of ether oxygens (including phenoxy) is 2. The Bertz CT molecular complexity index is 1100. The van der Waals surface area contributed by atoms with Gasteiger partial charge >= 0.3 is 0 Å². The Morgan fingerprint density at radius 1 is 0.931 bits per heavy atom. The van der Waals surface area contributed by atoms with Gasteiger partial charge < -0.3 is 19.4 Å². The summed E-state index contributed by atoms with van der Waals surface area (Å²) in [5.74, 6) is 2.63. The van der Waals surface area contributed by atoms with Crippen molar-refractivity contribution in [3.63, 3.8) is 0 Å². The van der Waals surface area contributed by atoms with E-state index in [-0.39, 0.29) is 0 Å². The van der Waals surface area contributed by atoms with Crippen LogP contribution in [-0.4, -0.2) is 38.7 Å². The Labute approximate surface area is 168 Å². The van der Waals surface area contributed by atoms with Crippen LogP contribution in [0.25, 0.3) is 22.8 Å². The van der Waals surface area contributed by atoms with Gasteiger partial charge in [0.2, 0.25) is 5.95 Å². The molecule has 0 atom stereocenters. The summed E-state index contributed by atoms with van der Waals surface area (Å²) in [7, 11) is 5.17. The Kier molecular flexibility index (Phi) is 5.07. The summed E-state index contributed by atoms with van der Waals surface area (Å²) < 4.78 is 12.6. The highest BCUT2D eigenvalue weighted by molar-refractivity contribution is 5.65. The quantitative estimate of drug-likeness (QED) is 0.539. The fraction of sp³-hybridized carbons (Fsp3) is 0.143. The maximum Gasteiger partial charge on any atom is 0.227 e. The molecule has 0 fully saturated rings. The molecule has 1 N–H and O–H groups in total. The summed E-state index contributed by atoms with van der Waals surface area (Å²) in [5, 5.41) is 3.20. The average Bonchev–Trinajstić information content (AvgIpc) is 3.15. The van der Waals surface area contributed by atoms with Crippen molar-refractivity contribution in [2.45, 2.75) is 0 Å². The summed E-state index contributed by atoms with van der Waals surface area (Å²) in [6, 6.07) is 11.2. The number of methoxy groups -OCH3 is 2. The molecule has 0 aliphatic rings. The zero-order valence-electron chi connectivity index (χ0n) is 16.3. The summed E-state index contributed by atoms with van der Waals surface area (Å²) in [4.78, 5) is 17.7. The molecule has 0 saturated heterocycles. The summed E-state index contributed by atoms with van der Waals surface area (Å²) in [6.45, 7) is 0. The van der Waals surface area contributed by atoms with Gasteiger partial charge in [0.25, 0.3) is 0 Å². The number of nitrogens with one attached hydrogen (secondary N) is 1. The van der Waals surface area contributed by atoms with Crippen molar-refractivity contribution in [3.8, 4) is 34.3 Å². The van der Waals surface area contributed by atoms with E-state index < -0.39 is 0 Å². The fourth-order valence-electron chi connectivity index (χ4n) is 2.98. The Hall–Kier alpha value is -3.94. The van der Waals surface area contributed by atoms with Crippen LogP contribution in [0.4, 0.5) is 11.6 Å². The number of anilines is 2. The highest BCUT2D eigenvalue weighted by atomic mass is 16.5. The summed E-state index contributed by atoms with van der Waals surface area (Å²) in [6.07, 6.45) is 7.03. The van der Waals surface area contributed by atoms with Crippen LogP contribution in [0.1, 0.15) is 0 Å². The van der Waals surface area contributed by atoms with Crippen LogP contribution in [0.3, 0.4) is 0 Å². The minimum absolute atomic E-state index is 0.460. The van der Waals surface area contributed by atoms with E-state index in [1.165, 1.54) is 0 Å². The summed E-state index contributed by atoms with van der Waals surface area (Å²) in [5.41, 5.74) is 3.33. The van der Waals surface area contributed by atoms with Gasteiger partial charge in [-0.1, -0.05) is 0 Å². The molecule has 8 heteroatoms. The van der Waals surface area contributed by atoms with Gasteiger partial charge in [-0.3, -0.25) is 4.98 Å². The molecule has 0 bridgehead atoms. The van der Waals surface area contributed by atoms with Crippen molar-refractivity contribution in [1.82, 2.24) is 24.5 Å². The molecule has 4 aromatic rings. The lowest BCUT2D eigenvalue weighted by Crippen LogP contribution is -2.01. The maximum absolute atomic E-state index is 5.31. The number of benzene rings is 1. The highest BCUT2D eigenvalue weighted by Gasteiger charge is 2.13. The van der Waals surface area contributed by atoms with Crippen LogP contribution in [0.15, 0.2) is 61.2 Å². The first kappa shape index (κ1) is 18.4. The molecule has 0 aliphatic carbocycles. The molecule has 0 amide bonds. The van der Waals surface area contributed by atoms with Gasteiger partial charge in [-0.2, -0.15) is 0 Å². The van der Waals surface area contributed by atoms with Gasteiger partial charge in [-0.25, -0.2) is 15.0 Å². The van der Waals surface area contributed by atoms with Crippen molar-refractivity contribution < 1.29 is 9.47 Å². The molecule has 0 saturated carbocycles. The molecule has 4 rings (SSSR count). The third-order valence-corrected chi connectivity index (χ3v) is 4.43. The molecule has 0 aliphatic heterocycles. The molecule has 1 aromatic carbocycles. The molecule has 0 radical (unpaired) electrons. The first-order chi connectivity index (χ1) is 14.2. The van der Waals surface area contributed by atoms with E-state index in [4.69, 9.17) is 9.47 Å². The lowest BCUT2D eigenvalue weighted by molar-refractivity contribution is 0.395. The highest BCUT2D eigenvalue weighted by Crippen LogP contribution is 2.28. The van der Waals surface area contributed by atoms with Crippen LogP contribution >= 0.6 is 0 Å². The third kappa shape index (κ3) is 3.86.